The van der Waals surface area contributed by atoms with Crippen LogP contribution < -0.4 is 46.9 Å². The molecule has 7 heteroatoms. The molecular formula is C46H55BN2Si4. The molecule has 0 N–H and O–H groups in total. The second-order valence-electron chi connectivity index (χ2n) is 19.6. The van der Waals surface area contributed by atoms with Gasteiger partial charge < -0.3 is 9.80 Å². The van der Waals surface area contributed by atoms with Crippen LogP contribution >= 0.6 is 0 Å². The van der Waals surface area contributed by atoms with Gasteiger partial charge in [0.15, 0.2) is 0 Å². The van der Waals surface area contributed by atoms with Crippen LogP contribution in [0, 0.1) is 0 Å². The van der Waals surface area contributed by atoms with E-state index in [0.29, 0.717) is 0 Å². The maximum absolute atomic E-state index is 2.62. The van der Waals surface area contributed by atoms with Gasteiger partial charge in [-0.1, -0.05) is 172 Å². The maximum Gasteiger partial charge on any atom is 0.252 e. The summed E-state index contributed by atoms with van der Waals surface area (Å²) < 4.78 is 0. The molecule has 53 heavy (non-hydrogen) atoms. The summed E-state index contributed by atoms with van der Waals surface area (Å²) >= 11 is 0. The molecule has 0 amide bonds. The molecule has 2 aliphatic heterocycles. The zero-order valence-electron chi connectivity index (χ0n) is 33.9. The van der Waals surface area contributed by atoms with Gasteiger partial charge >= 0.3 is 0 Å². The molecule has 0 aliphatic carbocycles. The topological polar surface area (TPSA) is 6.48 Å². The summed E-state index contributed by atoms with van der Waals surface area (Å²) in [4.78, 5) is 5.22. The molecule has 2 aliphatic rings. The fourth-order valence-electron chi connectivity index (χ4n) is 8.45. The Bertz CT molecular complexity index is 2370. The van der Waals surface area contributed by atoms with Crippen LogP contribution in [0.15, 0.2) is 115 Å². The molecular weight excluding hydrogens is 704 g/mol. The molecule has 2 nitrogen and oxygen atoms in total. The highest BCUT2D eigenvalue weighted by Crippen LogP contribution is 2.46. The molecule has 0 atom stereocenters. The van der Waals surface area contributed by atoms with E-state index < -0.39 is 32.3 Å². The number of rotatable bonds is 6. The lowest BCUT2D eigenvalue weighted by Gasteiger charge is -2.45. The van der Waals surface area contributed by atoms with Crippen molar-refractivity contribution >= 4 is 121 Å². The van der Waals surface area contributed by atoms with E-state index in [-0.39, 0.29) is 6.71 Å². The predicted octanol–water partition coefficient (Wildman–Crippen LogP) is 9.10. The zero-order valence-corrected chi connectivity index (χ0v) is 37.9. The lowest BCUT2D eigenvalue weighted by molar-refractivity contribution is 1.27. The molecule has 0 fully saturated rings. The van der Waals surface area contributed by atoms with Gasteiger partial charge in [-0.25, -0.2) is 0 Å². The minimum Gasteiger partial charge on any atom is -0.311 e. The van der Waals surface area contributed by atoms with Crippen molar-refractivity contribution < 1.29 is 0 Å². The van der Waals surface area contributed by atoms with Crippen LogP contribution in [-0.4, -0.2) is 39.0 Å². The Morgan fingerprint density at radius 3 is 1.28 bits per heavy atom. The number of nitrogens with zero attached hydrogens (tertiary/aromatic N) is 2. The SMILES string of the molecule is C[Si](C)(C)c1ccc(N2c3ccc([Si](C)(C)C)cc3B3c4cc([Si](C)(C)C)ccc4N(c4ccc([Si](C)(C)C)cc4)c4c3c2cc2ccccc42)cc1. The Balaban J connectivity index is 1.51. The standard InChI is InChI=1S/C46H55BN2Si4/c1-50(2,3)35-21-17-33(18-22-35)48-42-27-25-37(52(7,8)9)30-40(42)47-41-31-38(53(10,11)12)26-28-43(41)49(34-19-23-36(24-20-34)51(4,5)6)46-39-16-14-13-15-32(39)29-44(48)45(46)47/h13-31H,1-12H3. The molecule has 0 bridgehead atoms. The second kappa shape index (κ2) is 12.3. The van der Waals surface area contributed by atoms with Crippen LogP contribution in [0.3, 0.4) is 0 Å². The highest BCUT2D eigenvalue weighted by molar-refractivity contribution is 7.01. The molecule has 0 radical (unpaired) electrons. The van der Waals surface area contributed by atoms with Gasteiger partial charge in [0, 0.05) is 33.8 Å². The molecule has 6 aromatic carbocycles. The van der Waals surface area contributed by atoms with E-state index in [1.807, 2.05) is 0 Å². The summed E-state index contributed by atoms with van der Waals surface area (Å²) in [7, 11) is -6.20. The van der Waals surface area contributed by atoms with Crippen molar-refractivity contribution in [3.05, 3.63) is 115 Å². The smallest absolute Gasteiger partial charge is 0.252 e. The van der Waals surface area contributed by atoms with Gasteiger partial charge in [0.05, 0.1) is 38.0 Å². The van der Waals surface area contributed by atoms with E-state index in [2.05, 4.69) is 204 Å². The fraction of sp³-hybridized carbons (Fsp3) is 0.261. The first-order valence-electron chi connectivity index (χ1n) is 19.5. The molecule has 0 unspecified atom stereocenters. The number of benzene rings is 6. The minimum atomic E-state index is -1.63. The van der Waals surface area contributed by atoms with E-state index in [9.17, 15) is 0 Å². The summed E-state index contributed by atoms with van der Waals surface area (Å²) in [5.41, 5.74) is 12.0. The van der Waals surface area contributed by atoms with Crippen LogP contribution in [0.2, 0.25) is 78.6 Å². The van der Waals surface area contributed by atoms with Crippen molar-refractivity contribution in [3.8, 4) is 0 Å². The molecule has 8 rings (SSSR count). The molecule has 0 saturated carbocycles. The van der Waals surface area contributed by atoms with Gasteiger partial charge in [0.1, 0.15) is 0 Å². The van der Waals surface area contributed by atoms with Crippen LogP contribution in [-0.2, 0) is 0 Å². The Labute approximate surface area is 323 Å². The van der Waals surface area contributed by atoms with Crippen molar-refractivity contribution in [2.75, 3.05) is 9.80 Å². The van der Waals surface area contributed by atoms with E-state index in [1.54, 1.807) is 0 Å². The van der Waals surface area contributed by atoms with E-state index in [1.165, 1.54) is 82.0 Å². The van der Waals surface area contributed by atoms with Crippen molar-refractivity contribution in [2.24, 2.45) is 0 Å². The molecule has 268 valence electrons. The van der Waals surface area contributed by atoms with Crippen LogP contribution in [0.5, 0.6) is 0 Å². The van der Waals surface area contributed by atoms with Gasteiger partial charge in [-0.2, -0.15) is 0 Å². The predicted molar refractivity (Wildman–Crippen MR) is 250 cm³/mol. The summed E-state index contributed by atoms with van der Waals surface area (Å²) in [6, 6.07) is 45.8. The third-order valence-corrected chi connectivity index (χ3v) is 19.9. The van der Waals surface area contributed by atoms with Gasteiger partial charge in [-0.15, -0.1) is 0 Å². The second-order valence-corrected chi connectivity index (χ2v) is 39.9. The number of hydrogen-bond acceptors (Lipinski definition) is 2. The number of anilines is 6. The Morgan fingerprint density at radius 2 is 0.811 bits per heavy atom. The highest BCUT2D eigenvalue weighted by atomic mass is 28.3. The quantitative estimate of drug-likeness (QED) is 0.156. The summed E-state index contributed by atoms with van der Waals surface area (Å²) in [6.45, 7) is 29.7. The van der Waals surface area contributed by atoms with Crippen molar-refractivity contribution in [3.63, 3.8) is 0 Å². The summed E-state index contributed by atoms with van der Waals surface area (Å²) in [5.74, 6) is 0. The van der Waals surface area contributed by atoms with Gasteiger partial charge in [-0.05, 0) is 64.2 Å². The Kier molecular flexibility index (Phi) is 8.39. The van der Waals surface area contributed by atoms with E-state index >= 15 is 0 Å². The summed E-state index contributed by atoms with van der Waals surface area (Å²) in [6.07, 6.45) is 0. The first-order valence-corrected chi connectivity index (χ1v) is 33.5. The molecule has 0 saturated heterocycles. The Morgan fingerprint density at radius 1 is 0.396 bits per heavy atom. The highest BCUT2D eigenvalue weighted by Gasteiger charge is 2.45. The molecule has 2 heterocycles. The van der Waals surface area contributed by atoms with E-state index in [4.69, 9.17) is 0 Å². The largest absolute Gasteiger partial charge is 0.311 e. The molecule has 0 spiro atoms. The van der Waals surface area contributed by atoms with Crippen molar-refractivity contribution in [1.29, 1.82) is 0 Å². The molecule has 6 aromatic rings. The average molecular weight is 759 g/mol. The summed E-state index contributed by atoms with van der Waals surface area (Å²) in [5, 5.41) is 8.60. The van der Waals surface area contributed by atoms with E-state index in [0.717, 1.165) is 0 Å². The fourth-order valence-corrected chi connectivity index (χ4v) is 13.1. The average Bonchev–Trinajstić information content (AvgIpc) is 3.09. The van der Waals surface area contributed by atoms with Crippen LogP contribution in [0.4, 0.5) is 34.1 Å². The third kappa shape index (κ3) is 6.14. The first-order chi connectivity index (χ1) is 24.8. The van der Waals surface area contributed by atoms with Crippen molar-refractivity contribution in [1.82, 2.24) is 0 Å². The maximum atomic E-state index is 2.62. The third-order valence-electron chi connectivity index (χ3n) is 11.7. The lowest BCUT2D eigenvalue weighted by Crippen LogP contribution is -2.63. The Hall–Kier alpha value is -3.89. The normalized spacial score (nSPS) is 14.3. The van der Waals surface area contributed by atoms with Crippen LogP contribution in [0.25, 0.3) is 10.8 Å². The monoisotopic (exact) mass is 758 g/mol. The van der Waals surface area contributed by atoms with Gasteiger partial charge in [0.2, 0.25) is 0 Å². The first kappa shape index (κ1) is 36.1. The van der Waals surface area contributed by atoms with Crippen molar-refractivity contribution in [2.45, 2.75) is 78.6 Å². The van der Waals surface area contributed by atoms with Gasteiger partial charge in [0.25, 0.3) is 6.71 Å². The zero-order chi connectivity index (χ0) is 37.8. The number of hydrogen-bond donors (Lipinski definition) is 0. The number of fused-ring (bicyclic) bond motifs is 6. The minimum absolute atomic E-state index is 0.122. The molecule has 0 aromatic heterocycles. The van der Waals surface area contributed by atoms with Crippen LogP contribution in [0.1, 0.15) is 0 Å². The lowest BCUT2D eigenvalue weighted by atomic mass is 9.33. The van der Waals surface area contributed by atoms with Gasteiger partial charge in [-0.3, -0.25) is 0 Å².